The Morgan fingerprint density at radius 2 is 1.44 bits per heavy atom. The monoisotopic (exact) mass is 641 g/mol. The van der Waals surface area contributed by atoms with Crippen molar-refractivity contribution < 1.29 is 53.8 Å². The van der Waals surface area contributed by atoms with Crippen LogP contribution in [0.3, 0.4) is 0 Å². The quantitative estimate of drug-likeness (QED) is 0.132. The van der Waals surface area contributed by atoms with Crippen molar-refractivity contribution in [2.24, 2.45) is 0 Å². The van der Waals surface area contributed by atoms with Gasteiger partial charge < -0.3 is 14.8 Å². The van der Waals surface area contributed by atoms with Gasteiger partial charge in [0, 0.05) is 18.1 Å². The molecule has 0 aliphatic carbocycles. The summed E-state index contributed by atoms with van der Waals surface area (Å²) in [4.78, 5) is 13.6. The highest BCUT2D eigenvalue weighted by Gasteiger charge is 2.45. The van der Waals surface area contributed by atoms with E-state index in [4.69, 9.17) is 4.74 Å². The molecule has 0 radical (unpaired) electrons. The summed E-state index contributed by atoms with van der Waals surface area (Å²) in [6, 6.07) is 13.9. The van der Waals surface area contributed by atoms with Crippen LogP contribution in [0.15, 0.2) is 78.9 Å². The summed E-state index contributed by atoms with van der Waals surface area (Å²) >= 11 is 0. The topological polar surface area (TPSA) is 47.6 Å². The average Bonchev–Trinajstić information content (AvgIpc) is 2.96. The first-order valence-corrected chi connectivity index (χ1v) is 13.2. The molecule has 45 heavy (non-hydrogen) atoms. The first kappa shape index (κ1) is 33.2. The van der Waals surface area contributed by atoms with Gasteiger partial charge >= 0.3 is 12.5 Å². The van der Waals surface area contributed by atoms with Crippen LogP contribution in [-0.2, 0) is 12.0 Å². The zero-order valence-corrected chi connectivity index (χ0v) is 23.5. The van der Waals surface area contributed by atoms with Crippen LogP contribution < -0.4 is 14.8 Å². The fraction of sp³-hybridized carbons (Fsp3) is 0.219. The third-order valence-corrected chi connectivity index (χ3v) is 6.54. The Bertz CT molecular complexity index is 1660. The first-order valence-electron chi connectivity index (χ1n) is 13.2. The van der Waals surface area contributed by atoms with E-state index in [1.54, 1.807) is 44.2 Å². The normalized spacial score (nSPS) is 13.1. The Kier molecular flexibility index (Phi) is 9.69. The fourth-order valence-corrected chi connectivity index (χ4v) is 4.60. The minimum atomic E-state index is -5.05. The van der Waals surface area contributed by atoms with Crippen LogP contribution >= 0.6 is 0 Å². The van der Waals surface area contributed by atoms with E-state index in [9.17, 15) is 39.9 Å². The van der Waals surface area contributed by atoms with Crippen LogP contribution in [0.2, 0.25) is 0 Å². The molecule has 0 bridgehead atoms. The number of hydrogen-bond acceptors (Lipinski definition) is 3. The predicted octanol–water partition coefficient (Wildman–Crippen LogP) is 8.32. The van der Waals surface area contributed by atoms with E-state index in [0.717, 1.165) is 30.3 Å². The lowest BCUT2D eigenvalue weighted by Gasteiger charge is -2.37. The molecule has 238 valence electrons. The van der Waals surface area contributed by atoms with Crippen LogP contribution in [0, 0.1) is 29.1 Å². The second-order valence-electron chi connectivity index (χ2n) is 10.2. The third-order valence-electron chi connectivity index (χ3n) is 6.54. The molecule has 0 fully saturated rings. The van der Waals surface area contributed by atoms with Gasteiger partial charge in [-0.3, -0.25) is 4.79 Å². The molecule has 4 nitrogen and oxygen atoms in total. The van der Waals surface area contributed by atoms with Crippen molar-refractivity contribution >= 4 is 5.91 Å². The Hall–Kier alpha value is -4.68. The Labute approximate surface area is 251 Å². The molecule has 1 atom stereocenters. The van der Waals surface area contributed by atoms with Crippen LogP contribution in [0.1, 0.15) is 40.9 Å². The van der Waals surface area contributed by atoms with E-state index in [-0.39, 0.29) is 23.3 Å². The molecule has 0 spiro atoms. The highest BCUT2D eigenvalue weighted by Crippen LogP contribution is 2.40. The summed E-state index contributed by atoms with van der Waals surface area (Å²) < 4.78 is 135. The Balaban J connectivity index is 2.02. The number of nitrogens with one attached hydrogen (secondary N) is 1. The molecular formula is C32H24F9NO3. The van der Waals surface area contributed by atoms with Crippen molar-refractivity contribution in [1.82, 2.24) is 5.32 Å². The van der Waals surface area contributed by atoms with Crippen LogP contribution in [-0.4, -0.2) is 24.5 Å². The number of alkyl halides is 4. The minimum absolute atomic E-state index is 0.0584. The summed E-state index contributed by atoms with van der Waals surface area (Å²) in [5.41, 5.74) is -2.89. The van der Waals surface area contributed by atoms with Gasteiger partial charge in [0.05, 0.1) is 11.6 Å². The van der Waals surface area contributed by atoms with Gasteiger partial charge in [0.1, 0.15) is 11.6 Å². The van der Waals surface area contributed by atoms with Gasteiger partial charge in [-0.1, -0.05) is 36.4 Å². The summed E-state index contributed by atoms with van der Waals surface area (Å²) in [7, 11) is 0. The summed E-state index contributed by atoms with van der Waals surface area (Å²) in [5.74, 6) is -10.1. The molecule has 0 aliphatic heterocycles. The zero-order chi connectivity index (χ0) is 33.1. The van der Waals surface area contributed by atoms with Crippen molar-refractivity contribution in [1.29, 1.82) is 0 Å². The largest absolute Gasteiger partial charge is 0.488 e. The van der Waals surface area contributed by atoms with Crippen molar-refractivity contribution in [2.45, 2.75) is 44.4 Å². The Morgan fingerprint density at radius 3 is 2.04 bits per heavy atom. The van der Waals surface area contributed by atoms with Gasteiger partial charge in [-0.2, -0.15) is 17.6 Å². The van der Waals surface area contributed by atoms with Gasteiger partial charge in [-0.25, -0.2) is 22.0 Å². The molecule has 4 aromatic rings. The van der Waals surface area contributed by atoms with Gasteiger partial charge in [0.2, 0.25) is 0 Å². The lowest BCUT2D eigenvalue weighted by atomic mass is 9.77. The number of benzene rings is 4. The van der Waals surface area contributed by atoms with Crippen LogP contribution in [0.5, 0.6) is 11.5 Å². The van der Waals surface area contributed by atoms with Crippen molar-refractivity contribution in [2.75, 3.05) is 0 Å². The average molecular weight is 642 g/mol. The molecule has 4 rings (SSSR count). The van der Waals surface area contributed by atoms with E-state index < -0.39 is 70.5 Å². The van der Waals surface area contributed by atoms with E-state index in [2.05, 4.69) is 10.1 Å². The molecule has 0 aromatic heterocycles. The SMILES string of the molecule is CC(C)Oc1cc([C@@](Cc2ccccc2)(NC(=O)c2cc(F)c(F)c(F)c2)c2cc(F)cc(OC(F)(F)C(F)F)c2)ccc1F. The highest BCUT2D eigenvalue weighted by molar-refractivity contribution is 5.95. The molecule has 13 heteroatoms. The number of rotatable bonds is 11. The minimum Gasteiger partial charge on any atom is -0.488 e. The van der Waals surface area contributed by atoms with E-state index in [0.29, 0.717) is 23.8 Å². The molecule has 0 unspecified atom stereocenters. The molecule has 0 aliphatic rings. The zero-order valence-electron chi connectivity index (χ0n) is 23.5. The number of carbonyl (C=O) groups is 1. The standard InChI is InChI=1S/C32H24F9NO3/c1-17(2)44-27-14-20(8-9-24(27)34)31(16-18-6-4-3-5-7-18,42-29(43)19-10-25(35)28(37)26(36)11-19)21-12-22(33)15-23(13-21)45-32(40,41)30(38)39/h3-15,17,30H,16H2,1-2H3,(H,42,43)/t31-/m1/s1. The molecule has 1 amide bonds. The number of amides is 1. The molecule has 0 heterocycles. The number of halogens is 9. The second kappa shape index (κ2) is 13.1. The molecular weight excluding hydrogens is 617 g/mol. The first-order chi connectivity index (χ1) is 21.1. The lowest BCUT2D eigenvalue weighted by Crippen LogP contribution is -2.49. The lowest BCUT2D eigenvalue weighted by molar-refractivity contribution is -0.253. The maximum atomic E-state index is 15.1. The second-order valence-corrected chi connectivity index (χ2v) is 10.2. The van der Waals surface area contributed by atoms with Crippen LogP contribution in [0.4, 0.5) is 39.5 Å². The maximum Gasteiger partial charge on any atom is 0.461 e. The Morgan fingerprint density at radius 1 is 0.800 bits per heavy atom. The molecule has 1 N–H and O–H groups in total. The summed E-state index contributed by atoms with van der Waals surface area (Å²) in [6.07, 6.45) is -10.3. The van der Waals surface area contributed by atoms with Crippen molar-refractivity contribution in [3.05, 3.63) is 130 Å². The number of ether oxygens (including phenoxy) is 2. The van der Waals surface area contributed by atoms with Crippen molar-refractivity contribution in [3.63, 3.8) is 0 Å². The molecule has 4 aromatic carbocycles. The van der Waals surface area contributed by atoms with E-state index >= 15 is 4.39 Å². The van der Waals surface area contributed by atoms with Gasteiger partial charge in [0.25, 0.3) is 5.91 Å². The molecule has 0 saturated heterocycles. The van der Waals surface area contributed by atoms with Crippen molar-refractivity contribution in [3.8, 4) is 11.5 Å². The molecule has 0 saturated carbocycles. The van der Waals surface area contributed by atoms with Crippen LogP contribution in [0.25, 0.3) is 0 Å². The van der Waals surface area contributed by atoms with Gasteiger partial charge in [-0.05, 0) is 66.9 Å². The summed E-state index contributed by atoms with van der Waals surface area (Å²) in [6.45, 7) is 3.17. The fourth-order valence-electron chi connectivity index (χ4n) is 4.60. The van der Waals surface area contributed by atoms with E-state index in [1.165, 1.54) is 0 Å². The van der Waals surface area contributed by atoms with Gasteiger partial charge in [-0.15, -0.1) is 0 Å². The maximum absolute atomic E-state index is 15.1. The third kappa shape index (κ3) is 7.52. The summed E-state index contributed by atoms with van der Waals surface area (Å²) in [5, 5.41) is 2.51. The van der Waals surface area contributed by atoms with Gasteiger partial charge in [0.15, 0.2) is 29.0 Å². The highest BCUT2D eigenvalue weighted by atomic mass is 19.3. The predicted molar refractivity (Wildman–Crippen MR) is 145 cm³/mol. The smallest absolute Gasteiger partial charge is 0.461 e. The number of carbonyl (C=O) groups excluding carboxylic acids is 1. The van der Waals surface area contributed by atoms with E-state index in [1.807, 2.05) is 0 Å². The number of hydrogen-bond donors (Lipinski definition) is 1.